The van der Waals surface area contributed by atoms with Gasteiger partial charge in [-0.25, -0.2) is 0 Å². The van der Waals surface area contributed by atoms with E-state index in [0.29, 0.717) is 0 Å². The van der Waals surface area contributed by atoms with Gasteiger partial charge in [0.05, 0.1) is 22.5 Å². The molecule has 59 heavy (non-hydrogen) atoms. The van der Waals surface area contributed by atoms with E-state index >= 15 is 0 Å². The van der Waals surface area contributed by atoms with Gasteiger partial charge in [0, 0.05) is 11.4 Å². The van der Waals surface area contributed by atoms with Crippen molar-refractivity contribution in [3.63, 3.8) is 0 Å². The maximum Gasteiger partial charge on any atom is 0.179 e. The Hall–Kier alpha value is -7.82. The molecule has 0 spiro atoms. The summed E-state index contributed by atoms with van der Waals surface area (Å²) in [5.41, 5.74) is 14.9. The van der Waals surface area contributed by atoms with E-state index in [1.165, 1.54) is 38.9 Å². The lowest BCUT2D eigenvalue weighted by molar-refractivity contribution is 0.446. The summed E-state index contributed by atoms with van der Waals surface area (Å²) in [6, 6.07) is 77.9. The number of hydrogen-bond acceptors (Lipinski definition) is 4. The summed E-state index contributed by atoms with van der Waals surface area (Å²) in [5, 5.41) is 0. The second-order valence-electron chi connectivity index (χ2n) is 15.2. The summed E-state index contributed by atoms with van der Waals surface area (Å²) in [6.07, 6.45) is 0. The van der Waals surface area contributed by atoms with Crippen LogP contribution in [0.15, 0.2) is 218 Å². The van der Waals surface area contributed by atoms with Crippen LogP contribution in [-0.2, 0) is 5.41 Å². The van der Waals surface area contributed by atoms with E-state index in [1.807, 2.05) is 24.3 Å². The third-order valence-electron chi connectivity index (χ3n) is 12.1. The summed E-state index contributed by atoms with van der Waals surface area (Å²) in [4.78, 5) is 4.64. The van der Waals surface area contributed by atoms with Crippen LogP contribution in [0.5, 0.6) is 23.0 Å². The van der Waals surface area contributed by atoms with Gasteiger partial charge in [-0.3, -0.25) is 4.90 Å². The number of anilines is 6. The van der Waals surface area contributed by atoms with Gasteiger partial charge < -0.3 is 14.4 Å². The number of ether oxygens (including phenoxy) is 2. The van der Waals surface area contributed by atoms with E-state index in [2.05, 4.69) is 204 Å². The Morgan fingerprint density at radius 3 is 1.63 bits per heavy atom. The van der Waals surface area contributed by atoms with Crippen molar-refractivity contribution in [3.05, 3.63) is 241 Å². The van der Waals surface area contributed by atoms with Crippen molar-refractivity contribution in [3.8, 4) is 45.3 Å². The lowest BCUT2D eigenvalue weighted by Crippen LogP contribution is -2.28. The average Bonchev–Trinajstić information content (AvgIpc) is 3.61. The molecule has 0 saturated carbocycles. The largest absolute Gasteiger partial charge is 0.453 e. The van der Waals surface area contributed by atoms with Gasteiger partial charge in [0.25, 0.3) is 0 Å². The van der Waals surface area contributed by atoms with E-state index in [0.717, 1.165) is 62.7 Å². The molecule has 0 N–H and O–H groups in total. The SMILES string of the molecule is c1ccc(-c2ccc(N(c3ccc4c(c3)C(c3ccccc3)(c3ccccc3)c3ccccc3-4)c3ccc4c5c3Oc3ccccc3N5c3ccccc3O4)cc2)cc1. The standard InChI is InChI=1S/C55H36N2O2/c1-4-16-37(17-5-1)38-28-30-41(31-29-38)56(49-34-35-52-53-54(49)59-51-27-15-13-25-48(51)57(53)47-24-12-14-26-50(47)58-52)42-32-33-44-43-22-10-11-23-45(43)55(46(44)36-42,39-18-6-2-7-19-39)40-20-8-3-9-21-40/h1-36H. The van der Waals surface area contributed by atoms with Crippen molar-refractivity contribution < 1.29 is 9.47 Å². The predicted molar refractivity (Wildman–Crippen MR) is 239 cm³/mol. The van der Waals surface area contributed by atoms with Crippen molar-refractivity contribution in [1.29, 1.82) is 0 Å². The second kappa shape index (κ2) is 13.1. The van der Waals surface area contributed by atoms with Gasteiger partial charge in [0.2, 0.25) is 0 Å². The molecule has 12 rings (SSSR count). The van der Waals surface area contributed by atoms with E-state index in [9.17, 15) is 0 Å². The summed E-state index contributed by atoms with van der Waals surface area (Å²) >= 11 is 0. The van der Waals surface area contributed by atoms with Crippen LogP contribution in [0, 0.1) is 0 Å². The first-order chi connectivity index (χ1) is 29.3. The number of benzene rings is 9. The van der Waals surface area contributed by atoms with E-state index in [4.69, 9.17) is 9.47 Å². The highest BCUT2D eigenvalue weighted by molar-refractivity contribution is 5.99. The highest BCUT2D eigenvalue weighted by Crippen LogP contribution is 2.63. The highest BCUT2D eigenvalue weighted by Gasteiger charge is 2.46. The molecule has 0 atom stereocenters. The van der Waals surface area contributed by atoms with Crippen LogP contribution in [0.25, 0.3) is 22.3 Å². The minimum absolute atomic E-state index is 0.554. The first-order valence-electron chi connectivity index (χ1n) is 20.1. The Morgan fingerprint density at radius 1 is 0.390 bits per heavy atom. The van der Waals surface area contributed by atoms with Crippen molar-refractivity contribution in [2.24, 2.45) is 0 Å². The maximum atomic E-state index is 7.05. The normalized spacial score (nSPS) is 13.5. The molecule has 0 radical (unpaired) electrons. The molecule has 2 aliphatic heterocycles. The van der Waals surface area contributed by atoms with Crippen LogP contribution in [0.1, 0.15) is 22.3 Å². The van der Waals surface area contributed by atoms with Crippen LogP contribution in [0.2, 0.25) is 0 Å². The molecule has 3 aliphatic rings. The molecule has 278 valence electrons. The molecule has 9 aromatic carbocycles. The van der Waals surface area contributed by atoms with Crippen molar-refractivity contribution >= 4 is 34.1 Å². The van der Waals surface area contributed by atoms with Crippen molar-refractivity contribution in [2.45, 2.75) is 5.41 Å². The van der Waals surface area contributed by atoms with Crippen LogP contribution in [0.3, 0.4) is 0 Å². The fourth-order valence-corrected chi connectivity index (χ4v) is 9.60. The first-order valence-corrected chi connectivity index (χ1v) is 20.1. The molecule has 0 bridgehead atoms. The fourth-order valence-electron chi connectivity index (χ4n) is 9.60. The van der Waals surface area contributed by atoms with Crippen molar-refractivity contribution in [1.82, 2.24) is 0 Å². The molecule has 0 aromatic heterocycles. The zero-order chi connectivity index (χ0) is 38.9. The molecule has 0 saturated heterocycles. The number of hydrogen-bond donors (Lipinski definition) is 0. The first kappa shape index (κ1) is 33.3. The number of nitrogens with zero attached hydrogens (tertiary/aromatic N) is 2. The van der Waals surface area contributed by atoms with Crippen LogP contribution < -0.4 is 19.3 Å². The molecule has 0 fully saturated rings. The van der Waals surface area contributed by atoms with Gasteiger partial charge in [-0.15, -0.1) is 0 Å². The summed E-state index contributed by atoms with van der Waals surface area (Å²) < 4.78 is 13.7. The Labute approximate surface area is 343 Å². The third kappa shape index (κ3) is 4.96. The molecule has 9 aromatic rings. The minimum Gasteiger partial charge on any atom is -0.453 e. The third-order valence-corrected chi connectivity index (χ3v) is 12.1. The molecule has 2 heterocycles. The maximum absolute atomic E-state index is 7.05. The second-order valence-corrected chi connectivity index (χ2v) is 15.2. The number of fused-ring (bicyclic) bond motifs is 7. The zero-order valence-electron chi connectivity index (χ0n) is 32.0. The van der Waals surface area contributed by atoms with Crippen LogP contribution >= 0.6 is 0 Å². The van der Waals surface area contributed by atoms with E-state index < -0.39 is 5.41 Å². The molecule has 1 aliphatic carbocycles. The van der Waals surface area contributed by atoms with Gasteiger partial charge in [-0.1, -0.05) is 158 Å². The highest BCUT2D eigenvalue weighted by atomic mass is 16.5. The Kier molecular flexibility index (Phi) is 7.41. The van der Waals surface area contributed by atoms with E-state index in [1.54, 1.807) is 0 Å². The lowest BCUT2D eigenvalue weighted by atomic mass is 9.67. The summed E-state index contributed by atoms with van der Waals surface area (Å²) in [7, 11) is 0. The van der Waals surface area contributed by atoms with Gasteiger partial charge in [0.1, 0.15) is 5.69 Å². The molecular formula is C55H36N2O2. The predicted octanol–water partition coefficient (Wildman–Crippen LogP) is 14.9. The van der Waals surface area contributed by atoms with Crippen LogP contribution in [-0.4, -0.2) is 0 Å². The molecule has 4 nitrogen and oxygen atoms in total. The number of para-hydroxylation sites is 4. The average molecular weight is 757 g/mol. The van der Waals surface area contributed by atoms with Gasteiger partial charge >= 0.3 is 0 Å². The quantitative estimate of drug-likeness (QED) is 0.169. The topological polar surface area (TPSA) is 24.9 Å². The van der Waals surface area contributed by atoms with Gasteiger partial charge in [0.15, 0.2) is 23.0 Å². The number of rotatable bonds is 6. The molecule has 4 heteroatoms. The summed E-state index contributed by atoms with van der Waals surface area (Å²) in [5.74, 6) is 3.06. The Balaban J connectivity index is 1.12. The lowest BCUT2D eigenvalue weighted by Gasteiger charge is -2.40. The van der Waals surface area contributed by atoms with Crippen molar-refractivity contribution in [2.75, 3.05) is 9.80 Å². The Morgan fingerprint density at radius 2 is 0.932 bits per heavy atom. The van der Waals surface area contributed by atoms with Gasteiger partial charge in [-0.05, 0) is 105 Å². The molecular weight excluding hydrogens is 721 g/mol. The zero-order valence-corrected chi connectivity index (χ0v) is 32.0. The fraction of sp³-hybridized carbons (Fsp3) is 0.0182. The van der Waals surface area contributed by atoms with Crippen LogP contribution in [0.4, 0.5) is 34.1 Å². The summed E-state index contributed by atoms with van der Waals surface area (Å²) in [6.45, 7) is 0. The smallest absolute Gasteiger partial charge is 0.179 e. The molecule has 0 amide bonds. The Bertz CT molecular complexity index is 3000. The monoisotopic (exact) mass is 756 g/mol. The van der Waals surface area contributed by atoms with E-state index in [-0.39, 0.29) is 0 Å². The van der Waals surface area contributed by atoms with Gasteiger partial charge in [-0.2, -0.15) is 0 Å². The molecule has 0 unspecified atom stereocenters. The minimum atomic E-state index is -0.554.